The molecule has 2 rings (SSSR count). The highest BCUT2D eigenvalue weighted by molar-refractivity contribution is 5.91. The number of carbonyl (C=O) groups is 1. The van der Waals surface area contributed by atoms with Crippen molar-refractivity contribution in [3.05, 3.63) is 47.8 Å². The van der Waals surface area contributed by atoms with E-state index >= 15 is 0 Å². The van der Waals surface area contributed by atoms with E-state index in [4.69, 9.17) is 0 Å². The van der Waals surface area contributed by atoms with Gasteiger partial charge in [0.2, 0.25) is 5.91 Å². The van der Waals surface area contributed by atoms with Gasteiger partial charge in [0.1, 0.15) is 0 Å². The summed E-state index contributed by atoms with van der Waals surface area (Å²) in [5.41, 5.74) is 2.90. The van der Waals surface area contributed by atoms with Crippen LogP contribution in [0.25, 0.3) is 0 Å². The number of hydrogen-bond donors (Lipinski definition) is 1. The lowest BCUT2D eigenvalue weighted by Gasteiger charge is -2.13. The molecule has 0 bridgehead atoms. The molecule has 2 aromatic rings. The van der Waals surface area contributed by atoms with Crippen molar-refractivity contribution in [3.8, 4) is 0 Å². The zero-order chi connectivity index (χ0) is 13.8. The molecule has 0 aliphatic rings. The number of aryl methyl sites for hydroxylation is 2. The van der Waals surface area contributed by atoms with Crippen LogP contribution in [-0.4, -0.2) is 15.7 Å². The molecule has 19 heavy (non-hydrogen) atoms. The summed E-state index contributed by atoms with van der Waals surface area (Å²) < 4.78 is 1.83. The summed E-state index contributed by atoms with van der Waals surface area (Å²) in [6, 6.07) is 9.77. The first-order valence-electron chi connectivity index (χ1n) is 6.43. The van der Waals surface area contributed by atoms with Crippen molar-refractivity contribution in [2.24, 2.45) is 0 Å². The van der Waals surface area contributed by atoms with Crippen molar-refractivity contribution in [1.82, 2.24) is 9.78 Å². The minimum absolute atomic E-state index is 0.00922. The Morgan fingerprint density at radius 1 is 1.32 bits per heavy atom. The maximum absolute atomic E-state index is 12.0. The third-order valence-corrected chi connectivity index (χ3v) is 3.09. The average Bonchev–Trinajstić information content (AvgIpc) is 2.79. The van der Waals surface area contributed by atoms with Crippen LogP contribution in [0.3, 0.4) is 0 Å². The summed E-state index contributed by atoms with van der Waals surface area (Å²) in [5, 5.41) is 7.26. The highest BCUT2D eigenvalue weighted by Gasteiger charge is 2.12. The van der Waals surface area contributed by atoms with Gasteiger partial charge >= 0.3 is 0 Å². The van der Waals surface area contributed by atoms with Gasteiger partial charge in [-0.1, -0.05) is 18.2 Å². The first kappa shape index (κ1) is 13.3. The predicted octanol–water partition coefficient (Wildman–Crippen LogP) is 3.09. The van der Waals surface area contributed by atoms with E-state index in [0.29, 0.717) is 6.42 Å². The molecule has 4 heteroatoms. The van der Waals surface area contributed by atoms with E-state index in [2.05, 4.69) is 10.4 Å². The van der Waals surface area contributed by atoms with Gasteiger partial charge in [0.15, 0.2) is 0 Å². The van der Waals surface area contributed by atoms with Crippen molar-refractivity contribution in [3.63, 3.8) is 0 Å². The van der Waals surface area contributed by atoms with Gasteiger partial charge in [0, 0.05) is 18.3 Å². The van der Waals surface area contributed by atoms with Crippen LogP contribution >= 0.6 is 0 Å². The molecular formula is C15H19N3O. The average molecular weight is 257 g/mol. The van der Waals surface area contributed by atoms with Crippen LogP contribution in [0, 0.1) is 13.8 Å². The van der Waals surface area contributed by atoms with Gasteiger partial charge in [-0.05, 0) is 38.5 Å². The monoisotopic (exact) mass is 257 g/mol. The maximum Gasteiger partial charge on any atom is 0.226 e. The van der Waals surface area contributed by atoms with Crippen LogP contribution in [0.4, 0.5) is 5.69 Å². The van der Waals surface area contributed by atoms with Crippen molar-refractivity contribution >= 4 is 11.6 Å². The second-order valence-corrected chi connectivity index (χ2v) is 4.85. The highest BCUT2D eigenvalue weighted by Crippen LogP contribution is 2.16. The third-order valence-electron chi connectivity index (χ3n) is 3.09. The van der Waals surface area contributed by atoms with Gasteiger partial charge in [-0.3, -0.25) is 9.48 Å². The molecule has 1 amide bonds. The molecule has 0 saturated carbocycles. The first-order valence-corrected chi connectivity index (χ1v) is 6.43. The molecule has 4 nitrogen and oxygen atoms in total. The normalized spacial score (nSPS) is 12.2. The topological polar surface area (TPSA) is 46.9 Å². The van der Waals surface area contributed by atoms with Gasteiger partial charge in [0.05, 0.1) is 11.7 Å². The van der Waals surface area contributed by atoms with Gasteiger partial charge < -0.3 is 5.32 Å². The van der Waals surface area contributed by atoms with Gasteiger partial charge in [0.25, 0.3) is 0 Å². The fourth-order valence-electron chi connectivity index (χ4n) is 1.95. The third kappa shape index (κ3) is 3.44. The van der Waals surface area contributed by atoms with E-state index in [1.807, 2.05) is 62.0 Å². The molecule has 1 atom stereocenters. The second-order valence-electron chi connectivity index (χ2n) is 4.85. The van der Waals surface area contributed by atoms with Crippen LogP contribution < -0.4 is 5.32 Å². The Labute approximate surface area is 113 Å². The summed E-state index contributed by atoms with van der Waals surface area (Å²) in [4.78, 5) is 12.0. The Morgan fingerprint density at radius 3 is 2.68 bits per heavy atom. The fraction of sp³-hybridized carbons (Fsp3) is 0.333. The van der Waals surface area contributed by atoms with E-state index in [0.717, 1.165) is 16.9 Å². The molecule has 1 aromatic heterocycles. The Hall–Kier alpha value is -2.10. The number of hydrogen-bond acceptors (Lipinski definition) is 2. The van der Waals surface area contributed by atoms with E-state index in [1.165, 1.54) is 0 Å². The number of nitrogens with zero attached hydrogens (tertiary/aromatic N) is 2. The van der Waals surface area contributed by atoms with Gasteiger partial charge in [-0.25, -0.2) is 0 Å². The zero-order valence-electron chi connectivity index (χ0n) is 11.6. The highest BCUT2D eigenvalue weighted by atomic mass is 16.1. The van der Waals surface area contributed by atoms with E-state index in [1.54, 1.807) is 0 Å². The quantitative estimate of drug-likeness (QED) is 0.915. The van der Waals surface area contributed by atoms with Crippen LogP contribution in [0.15, 0.2) is 36.5 Å². The molecular weight excluding hydrogens is 238 g/mol. The van der Waals surface area contributed by atoms with Crippen LogP contribution in [0.2, 0.25) is 0 Å². The Balaban J connectivity index is 1.96. The van der Waals surface area contributed by atoms with E-state index < -0.39 is 0 Å². The molecule has 0 spiro atoms. The predicted molar refractivity (Wildman–Crippen MR) is 76.1 cm³/mol. The summed E-state index contributed by atoms with van der Waals surface area (Å²) in [6.07, 6.45) is 2.32. The first-order chi connectivity index (χ1) is 9.06. The lowest BCUT2D eigenvalue weighted by Crippen LogP contribution is -2.18. The Morgan fingerprint density at radius 2 is 2.05 bits per heavy atom. The fourth-order valence-corrected chi connectivity index (χ4v) is 1.95. The number of aromatic nitrogens is 2. The minimum Gasteiger partial charge on any atom is -0.326 e. The standard InChI is InChI=1S/C15H19N3O/c1-11-6-4-5-7-14(11)16-15(19)10-13(3)18-9-8-12(2)17-18/h4-9,13H,10H2,1-3H3,(H,16,19). The van der Waals surface area contributed by atoms with Crippen molar-refractivity contribution in [2.75, 3.05) is 5.32 Å². The molecule has 1 aromatic carbocycles. The second kappa shape index (κ2) is 5.69. The molecule has 100 valence electrons. The molecule has 0 aliphatic carbocycles. The molecule has 1 unspecified atom stereocenters. The Bertz CT molecular complexity index is 574. The number of benzene rings is 1. The SMILES string of the molecule is Cc1ccn(C(C)CC(=O)Nc2ccccc2C)n1. The molecule has 0 fully saturated rings. The van der Waals surface area contributed by atoms with Crippen molar-refractivity contribution in [2.45, 2.75) is 33.2 Å². The number of nitrogens with one attached hydrogen (secondary N) is 1. The Kier molecular flexibility index (Phi) is 4.00. The van der Waals surface area contributed by atoms with Crippen LogP contribution in [-0.2, 0) is 4.79 Å². The maximum atomic E-state index is 12.0. The number of carbonyl (C=O) groups excluding carboxylic acids is 1. The summed E-state index contributed by atoms with van der Waals surface area (Å²) in [5.74, 6) is 0.00922. The van der Waals surface area contributed by atoms with Crippen LogP contribution in [0.1, 0.15) is 30.6 Å². The van der Waals surface area contributed by atoms with Crippen molar-refractivity contribution in [1.29, 1.82) is 0 Å². The van der Waals surface area contributed by atoms with Crippen LogP contribution in [0.5, 0.6) is 0 Å². The molecule has 1 N–H and O–H groups in total. The minimum atomic E-state index is 0.00922. The number of amides is 1. The summed E-state index contributed by atoms with van der Waals surface area (Å²) in [6.45, 7) is 5.91. The van der Waals surface area contributed by atoms with E-state index in [9.17, 15) is 4.79 Å². The zero-order valence-corrected chi connectivity index (χ0v) is 11.6. The van der Waals surface area contributed by atoms with Crippen molar-refractivity contribution < 1.29 is 4.79 Å². The molecule has 0 saturated heterocycles. The van der Waals surface area contributed by atoms with E-state index in [-0.39, 0.29) is 11.9 Å². The van der Waals surface area contributed by atoms with Gasteiger partial charge in [-0.2, -0.15) is 5.10 Å². The summed E-state index contributed by atoms with van der Waals surface area (Å²) in [7, 11) is 0. The smallest absolute Gasteiger partial charge is 0.226 e. The number of anilines is 1. The number of para-hydroxylation sites is 1. The molecule has 1 heterocycles. The lowest BCUT2D eigenvalue weighted by molar-refractivity contribution is -0.116. The lowest BCUT2D eigenvalue weighted by atomic mass is 10.2. The molecule has 0 aliphatic heterocycles. The summed E-state index contributed by atoms with van der Waals surface area (Å²) >= 11 is 0. The largest absolute Gasteiger partial charge is 0.326 e. The number of rotatable bonds is 4. The van der Waals surface area contributed by atoms with Gasteiger partial charge in [-0.15, -0.1) is 0 Å². The molecule has 0 radical (unpaired) electrons.